The third-order valence-electron chi connectivity index (χ3n) is 5.68. The molecule has 0 aliphatic carbocycles. The van der Waals surface area contributed by atoms with Crippen molar-refractivity contribution in [1.82, 2.24) is 20.7 Å². The van der Waals surface area contributed by atoms with Crippen molar-refractivity contribution in [2.45, 2.75) is 51.0 Å². The Bertz CT molecular complexity index is 1110. The topological polar surface area (TPSA) is 132 Å². The number of aliphatic carboxylic acids is 1. The van der Waals surface area contributed by atoms with Crippen molar-refractivity contribution in [3.05, 3.63) is 64.2 Å². The Morgan fingerprint density at radius 2 is 1.81 bits per heavy atom. The van der Waals surface area contributed by atoms with Gasteiger partial charge in [0.2, 0.25) is 5.91 Å². The summed E-state index contributed by atoms with van der Waals surface area (Å²) in [7, 11) is 0. The first-order valence-electron chi connectivity index (χ1n) is 11.9. The zero-order valence-corrected chi connectivity index (χ0v) is 21.6. The van der Waals surface area contributed by atoms with Crippen molar-refractivity contribution < 1.29 is 19.5 Å². The van der Waals surface area contributed by atoms with Crippen LogP contribution in [0.1, 0.15) is 45.5 Å². The van der Waals surface area contributed by atoms with Crippen molar-refractivity contribution in [3.8, 4) is 0 Å². The van der Waals surface area contributed by atoms with Gasteiger partial charge in [-0.2, -0.15) is 0 Å². The maximum atomic E-state index is 12.6. The maximum Gasteiger partial charge on any atom is 0.323 e. The molecule has 9 nitrogen and oxygen atoms in total. The summed E-state index contributed by atoms with van der Waals surface area (Å²) in [6.45, 7) is 7.44. The number of carbonyl (C=O) groups excluding carboxylic acids is 2. The Labute approximate surface area is 215 Å². The fraction of sp³-hybridized carbons (Fsp3) is 0.385. The summed E-state index contributed by atoms with van der Waals surface area (Å²) in [6.07, 6.45) is 1.79. The van der Waals surface area contributed by atoms with Crippen molar-refractivity contribution in [3.63, 3.8) is 0 Å². The number of rotatable bonds is 10. The number of amides is 2. The van der Waals surface area contributed by atoms with Crippen molar-refractivity contribution in [1.29, 1.82) is 0 Å². The van der Waals surface area contributed by atoms with Crippen LogP contribution in [0.15, 0.2) is 46.3 Å². The van der Waals surface area contributed by atoms with Gasteiger partial charge in [-0.25, -0.2) is 4.72 Å². The summed E-state index contributed by atoms with van der Waals surface area (Å²) in [4.78, 5) is 41.6. The molecule has 0 fully saturated rings. The zero-order chi connectivity index (χ0) is 26.1. The van der Waals surface area contributed by atoms with Crippen LogP contribution in [0.2, 0.25) is 0 Å². The molecule has 192 valence electrons. The molecule has 1 aliphatic heterocycles. The van der Waals surface area contributed by atoms with Crippen LogP contribution in [0.5, 0.6) is 0 Å². The monoisotopic (exact) mass is 511 g/mol. The van der Waals surface area contributed by atoms with E-state index in [0.29, 0.717) is 30.9 Å². The molecular weight excluding hydrogens is 478 g/mol. The van der Waals surface area contributed by atoms with E-state index in [1.54, 1.807) is 24.3 Å². The van der Waals surface area contributed by atoms with Gasteiger partial charge in [-0.15, -0.1) is 0 Å². The predicted octanol–water partition coefficient (Wildman–Crippen LogP) is 2.49. The Morgan fingerprint density at radius 1 is 1.11 bits per heavy atom. The molecule has 2 aromatic rings. The molecule has 1 heterocycles. The van der Waals surface area contributed by atoms with Gasteiger partial charge in [0.1, 0.15) is 6.04 Å². The van der Waals surface area contributed by atoms with Crippen LogP contribution in [0.3, 0.4) is 0 Å². The molecular formula is C26H33N5O4S. The summed E-state index contributed by atoms with van der Waals surface area (Å²) in [5.74, 6) is -1.00. The molecule has 0 bridgehead atoms. The molecule has 1 unspecified atom stereocenters. The van der Waals surface area contributed by atoms with E-state index < -0.39 is 12.0 Å². The lowest BCUT2D eigenvalue weighted by atomic mass is 10.1. The molecule has 2 aromatic carbocycles. The number of hydrogen-bond donors (Lipinski definition) is 5. The summed E-state index contributed by atoms with van der Waals surface area (Å²) in [6, 6.07) is 10.1. The summed E-state index contributed by atoms with van der Waals surface area (Å²) in [5, 5.41) is 18.1. The smallest absolute Gasteiger partial charge is 0.323 e. The minimum absolute atomic E-state index is 0.0645. The predicted molar refractivity (Wildman–Crippen MR) is 141 cm³/mol. The van der Waals surface area contributed by atoms with E-state index in [-0.39, 0.29) is 18.4 Å². The normalized spacial score (nSPS) is 13.8. The minimum Gasteiger partial charge on any atom is -0.480 e. The standard InChI is InChI=1S/C26H33N5O4S/c1-16-13-17(2)23(18(3)14-16)36-31-21(25(34)35)15-29-24(33)20-8-5-19(6-9-20)7-10-22(32)30-26-27-11-4-12-28-26/h5-6,8-9,13-14,21,31H,4,7,10-12,15H2,1-3H3,(H,29,33)(H,34,35)(H2,27,28,30,32). The van der Waals surface area contributed by atoms with Gasteiger partial charge in [-0.05, 0) is 74.4 Å². The molecule has 10 heteroatoms. The Kier molecular flexibility index (Phi) is 9.89. The lowest BCUT2D eigenvalue weighted by Gasteiger charge is -2.17. The quantitative estimate of drug-likeness (QED) is 0.310. The molecule has 1 atom stereocenters. The summed E-state index contributed by atoms with van der Waals surface area (Å²) >= 11 is 1.26. The van der Waals surface area contributed by atoms with Crippen LogP contribution in [0.25, 0.3) is 0 Å². The molecule has 36 heavy (non-hydrogen) atoms. The van der Waals surface area contributed by atoms with E-state index >= 15 is 0 Å². The van der Waals surface area contributed by atoms with Crippen LogP contribution in [-0.4, -0.2) is 54.5 Å². The van der Waals surface area contributed by atoms with Gasteiger partial charge in [0.25, 0.3) is 5.91 Å². The molecule has 5 N–H and O–H groups in total. The first-order chi connectivity index (χ1) is 17.2. The van der Waals surface area contributed by atoms with E-state index in [2.05, 4.69) is 25.7 Å². The third-order valence-corrected chi connectivity index (χ3v) is 6.94. The first kappa shape index (κ1) is 27.2. The SMILES string of the molecule is Cc1cc(C)c(SNC(CNC(=O)c2ccc(CCC(=O)NC3=NCCCN3)cc2)C(=O)O)c(C)c1. The number of nitrogens with one attached hydrogen (secondary N) is 4. The third kappa shape index (κ3) is 8.10. The molecule has 0 saturated carbocycles. The molecule has 2 amide bonds. The van der Waals surface area contributed by atoms with Crippen molar-refractivity contribution >= 4 is 35.7 Å². The highest BCUT2D eigenvalue weighted by Gasteiger charge is 2.20. The fourth-order valence-electron chi connectivity index (χ4n) is 3.83. The van der Waals surface area contributed by atoms with E-state index in [4.69, 9.17) is 0 Å². The number of aliphatic imine (C=N–C) groups is 1. The van der Waals surface area contributed by atoms with E-state index in [0.717, 1.165) is 40.1 Å². The summed E-state index contributed by atoms with van der Waals surface area (Å²) < 4.78 is 2.96. The van der Waals surface area contributed by atoms with Crippen molar-refractivity contribution in [2.24, 2.45) is 4.99 Å². The highest BCUT2D eigenvalue weighted by Crippen LogP contribution is 2.25. The Hall–Kier alpha value is -3.37. The second-order valence-corrected chi connectivity index (χ2v) is 9.65. The maximum absolute atomic E-state index is 12.6. The second-order valence-electron chi connectivity index (χ2n) is 8.80. The highest BCUT2D eigenvalue weighted by atomic mass is 32.2. The lowest BCUT2D eigenvalue weighted by molar-refractivity contribution is -0.138. The van der Waals surface area contributed by atoms with Crippen LogP contribution in [0.4, 0.5) is 0 Å². The molecule has 3 rings (SSSR count). The van der Waals surface area contributed by atoms with Crippen LogP contribution in [0, 0.1) is 20.8 Å². The number of hydrogen-bond acceptors (Lipinski definition) is 7. The van der Waals surface area contributed by atoms with Crippen molar-refractivity contribution in [2.75, 3.05) is 19.6 Å². The fourth-order valence-corrected chi connectivity index (χ4v) is 4.71. The van der Waals surface area contributed by atoms with Gasteiger partial charge >= 0.3 is 5.97 Å². The molecule has 0 saturated heterocycles. The van der Waals surface area contributed by atoms with Crippen LogP contribution < -0.4 is 20.7 Å². The van der Waals surface area contributed by atoms with Crippen LogP contribution >= 0.6 is 11.9 Å². The van der Waals surface area contributed by atoms with E-state index in [1.807, 2.05) is 32.9 Å². The average Bonchev–Trinajstić information content (AvgIpc) is 2.84. The van der Waals surface area contributed by atoms with Gasteiger partial charge in [0.05, 0.1) is 0 Å². The Morgan fingerprint density at radius 3 is 2.42 bits per heavy atom. The second kappa shape index (κ2) is 13.1. The number of guanidine groups is 1. The largest absolute Gasteiger partial charge is 0.480 e. The van der Waals surface area contributed by atoms with Gasteiger partial charge < -0.3 is 15.7 Å². The Balaban J connectivity index is 1.47. The van der Waals surface area contributed by atoms with E-state index in [1.165, 1.54) is 11.9 Å². The van der Waals surface area contributed by atoms with Gasteiger partial charge in [0, 0.05) is 36.5 Å². The molecule has 1 aliphatic rings. The number of aryl methyl sites for hydroxylation is 4. The van der Waals surface area contributed by atoms with Crippen LogP contribution in [-0.2, 0) is 16.0 Å². The average molecular weight is 512 g/mol. The first-order valence-corrected chi connectivity index (χ1v) is 12.7. The van der Waals surface area contributed by atoms with Gasteiger partial charge in [-0.3, -0.25) is 24.7 Å². The number of carboxylic acid groups (broad SMARTS) is 1. The zero-order valence-electron chi connectivity index (χ0n) is 20.8. The number of carboxylic acids is 1. The summed E-state index contributed by atoms with van der Waals surface area (Å²) in [5.41, 5.74) is 4.62. The number of carbonyl (C=O) groups is 3. The number of benzene rings is 2. The van der Waals surface area contributed by atoms with E-state index in [9.17, 15) is 19.5 Å². The molecule has 0 radical (unpaired) electrons. The minimum atomic E-state index is -1.05. The van der Waals surface area contributed by atoms with Gasteiger partial charge in [0.15, 0.2) is 5.96 Å². The molecule has 0 aromatic heterocycles. The number of nitrogens with zero attached hydrogens (tertiary/aromatic N) is 1. The van der Waals surface area contributed by atoms with Gasteiger partial charge in [-0.1, -0.05) is 29.8 Å². The molecule has 0 spiro atoms. The highest BCUT2D eigenvalue weighted by molar-refractivity contribution is 7.97. The lowest BCUT2D eigenvalue weighted by Crippen LogP contribution is -2.43.